The quantitative estimate of drug-likeness (QED) is 0.409. The largest absolute Gasteiger partial charge is 0.493 e. The van der Waals surface area contributed by atoms with Gasteiger partial charge in [0.05, 0.1) is 25.2 Å². The molecule has 2 aromatic carbocycles. The molecule has 154 valence electrons. The van der Waals surface area contributed by atoms with Crippen LogP contribution in [0.5, 0.6) is 11.5 Å². The first-order valence-corrected chi connectivity index (χ1v) is 8.78. The van der Waals surface area contributed by atoms with Crippen molar-refractivity contribution in [2.75, 3.05) is 26.1 Å². The van der Waals surface area contributed by atoms with E-state index in [0.717, 1.165) is 29.7 Å². The SMILES string of the molecule is CCc1cccc(C)c1NC(=O)COC(=O)c1cc(OC)c(OC)cc1[N+](=O)[O-]. The summed E-state index contributed by atoms with van der Waals surface area (Å²) in [4.78, 5) is 35.2. The van der Waals surface area contributed by atoms with E-state index in [1.807, 2.05) is 32.0 Å². The van der Waals surface area contributed by atoms with E-state index in [4.69, 9.17) is 14.2 Å². The van der Waals surface area contributed by atoms with Crippen LogP contribution in [0.1, 0.15) is 28.4 Å². The number of rotatable bonds is 8. The number of hydrogen-bond acceptors (Lipinski definition) is 7. The molecule has 9 nitrogen and oxygen atoms in total. The molecule has 0 aliphatic carbocycles. The summed E-state index contributed by atoms with van der Waals surface area (Å²) in [6.45, 7) is 3.22. The number of hydrogen-bond donors (Lipinski definition) is 1. The van der Waals surface area contributed by atoms with E-state index in [9.17, 15) is 19.7 Å². The van der Waals surface area contributed by atoms with Gasteiger partial charge in [-0.05, 0) is 24.5 Å². The average molecular weight is 402 g/mol. The summed E-state index contributed by atoms with van der Waals surface area (Å²) in [6.07, 6.45) is 0.717. The van der Waals surface area contributed by atoms with Crippen LogP contribution in [-0.4, -0.2) is 37.6 Å². The maximum atomic E-state index is 12.4. The van der Waals surface area contributed by atoms with Crippen molar-refractivity contribution in [1.82, 2.24) is 0 Å². The molecule has 0 aliphatic heterocycles. The molecule has 0 radical (unpaired) electrons. The summed E-state index contributed by atoms with van der Waals surface area (Å²) in [5.74, 6) is -1.35. The molecule has 1 N–H and O–H groups in total. The van der Waals surface area contributed by atoms with E-state index in [-0.39, 0.29) is 17.1 Å². The molecular weight excluding hydrogens is 380 g/mol. The highest BCUT2D eigenvalue weighted by molar-refractivity contribution is 5.98. The highest BCUT2D eigenvalue weighted by Gasteiger charge is 2.26. The van der Waals surface area contributed by atoms with Crippen molar-refractivity contribution in [2.45, 2.75) is 20.3 Å². The van der Waals surface area contributed by atoms with Crippen LogP contribution in [-0.2, 0) is 16.0 Å². The molecule has 0 saturated carbocycles. The molecule has 0 saturated heterocycles. The number of benzene rings is 2. The highest BCUT2D eigenvalue weighted by atomic mass is 16.6. The predicted molar refractivity (Wildman–Crippen MR) is 106 cm³/mol. The maximum Gasteiger partial charge on any atom is 0.345 e. The van der Waals surface area contributed by atoms with Gasteiger partial charge < -0.3 is 19.5 Å². The van der Waals surface area contributed by atoms with Crippen molar-refractivity contribution in [3.05, 3.63) is 57.1 Å². The van der Waals surface area contributed by atoms with Crippen molar-refractivity contribution in [2.24, 2.45) is 0 Å². The van der Waals surface area contributed by atoms with Gasteiger partial charge in [0.25, 0.3) is 11.6 Å². The molecule has 0 heterocycles. The highest BCUT2D eigenvalue weighted by Crippen LogP contribution is 2.34. The Labute approximate surface area is 167 Å². The number of nitrogens with zero attached hydrogens (tertiary/aromatic N) is 1. The number of para-hydroxylation sites is 1. The fraction of sp³-hybridized carbons (Fsp3) is 0.300. The normalized spacial score (nSPS) is 10.2. The van der Waals surface area contributed by atoms with Crippen LogP contribution in [0.2, 0.25) is 0 Å². The lowest BCUT2D eigenvalue weighted by Crippen LogP contribution is -2.22. The predicted octanol–water partition coefficient (Wildman–Crippen LogP) is 3.28. The van der Waals surface area contributed by atoms with Crippen molar-refractivity contribution in [3.63, 3.8) is 0 Å². The number of aryl methyl sites for hydroxylation is 2. The van der Waals surface area contributed by atoms with Gasteiger partial charge >= 0.3 is 5.97 Å². The smallest absolute Gasteiger partial charge is 0.345 e. The summed E-state index contributed by atoms with van der Waals surface area (Å²) in [5, 5.41) is 14.0. The van der Waals surface area contributed by atoms with E-state index in [0.29, 0.717) is 5.69 Å². The van der Waals surface area contributed by atoms with Crippen LogP contribution in [0.4, 0.5) is 11.4 Å². The number of carbonyl (C=O) groups excluding carboxylic acids is 2. The standard InChI is InChI=1S/C20H22N2O7/c1-5-13-8-6-7-12(2)19(13)21-18(23)11-29-20(24)14-9-16(27-3)17(28-4)10-15(14)22(25)26/h6-10H,5,11H2,1-4H3,(H,21,23). The third-order valence-electron chi connectivity index (χ3n) is 4.26. The summed E-state index contributed by atoms with van der Waals surface area (Å²) in [5.41, 5.74) is 1.62. The van der Waals surface area contributed by atoms with Gasteiger partial charge in [-0.25, -0.2) is 4.79 Å². The summed E-state index contributed by atoms with van der Waals surface area (Å²) < 4.78 is 15.1. The molecule has 0 atom stereocenters. The van der Waals surface area contributed by atoms with E-state index >= 15 is 0 Å². The minimum Gasteiger partial charge on any atom is -0.493 e. The topological polar surface area (TPSA) is 117 Å². The molecule has 2 aromatic rings. The number of carbonyl (C=O) groups is 2. The first-order valence-electron chi connectivity index (χ1n) is 8.78. The first kappa shape index (κ1) is 21.7. The van der Waals surface area contributed by atoms with Crippen molar-refractivity contribution >= 4 is 23.3 Å². The number of anilines is 1. The average Bonchev–Trinajstić information content (AvgIpc) is 2.72. The maximum absolute atomic E-state index is 12.4. The van der Waals surface area contributed by atoms with Crippen LogP contribution in [0.3, 0.4) is 0 Å². The third kappa shape index (κ3) is 5.01. The molecule has 29 heavy (non-hydrogen) atoms. The van der Waals surface area contributed by atoms with Crippen LogP contribution in [0.25, 0.3) is 0 Å². The first-order chi connectivity index (χ1) is 13.8. The Morgan fingerprint density at radius 3 is 2.38 bits per heavy atom. The molecule has 0 spiro atoms. The zero-order valence-corrected chi connectivity index (χ0v) is 16.6. The summed E-state index contributed by atoms with van der Waals surface area (Å²) in [6, 6.07) is 7.85. The van der Waals surface area contributed by atoms with Gasteiger partial charge in [0.15, 0.2) is 18.1 Å². The summed E-state index contributed by atoms with van der Waals surface area (Å²) in [7, 11) is 2.65. The molecule has 0 aromatic heterocycles. The fourth-order valence-corrected chi connectivity index (χ4v) is 2.77. The van der Waals surface area contributed by atoms with Gasteiger partial charge in [0.2, 0.25) is 0 Å². The molecular formula is C20H22N2O7. The number of methoxy groups -OCH3 is 2. The van der Waals surface area contributed by atoms with Gasteiger partial charge in [-0.1, -0.05) is 25.1 Å². The van der Waals surface area contributed by atoms with Crippen LogP contribution in [0.15, 0.2) is 30.3 Å². The number of nitro groups is 1. The van der Waals surface area contributed by atoms with Crippen LogP contribution in [0, 0.1) is 17.0 Å². The lowest BCUT2D eigenvalue weighted by molar-refractivity contribution is -0.385. The Morgan fingerprint density at radius 1 is 1.14 bits per heavy atom. The second-order valence-electron chi connectivity index (χ2n) is 6.07. The molecule has 0 aliphatic rings. The van der Waals surface area contributed by atoms with Gasteiger partial charge in [-0.15, -0.1) is 0 Å². The second-order valence-corrected chi connectivity index (χ2v) is 6.07. The van der Waals surface area contributed by atoms with Crippen molar-refractivity contribution < 1.29 is 28.7 Å². The van der Waals surface area contributed by atoms with E-state index in [2.05, 4.69) is 5.32 Å². The Balaban J connectivity index is 2.17. The minimum atomic E-state index is -1.02. The minimum absolute atomic E-state index is 0.0974. The molecule has 0 fully saturated rings. The van der Waals surface area contributed by atoms with E-state index in [1.54, 1.807) is 0 Å². The van der Waals surface area contributed by atoms with E-state index in [1.165, 1.54) is 14.2 Å². The van der Waals surface area contributed by atoms with Crippen molar-refractivity contribution in [3.8, 4) is 11.5 Å². The van der Waals surface area contributed by atoms with Gasteiger partial charge in [0, 0.05) is 11.8 Å². The Hall–Kier alpha value is -3.62. The molecule has 9 heteroatoms. The zero-order valence-electron chi connectivity index (χ0n) is 16.6. The Morgan fingerprint density at radius 2 is 1.79 bits per heavy atom. The number of amides is 1. The number of ether oxygens (including phenoxy) is 3. The zero-order chi connectivity index (χ0) is 21.6. The number of esters is 1. The fourth-order valence-electron chi connectivity index (χ4n) is 2.77. The number of nitro benzene ring substituents is 1. The lowest BCUT2D eigenvalue weighted by atomic mass is 10.1. The molecule has 2 rings (SSSR count). The second kappa shape index (κ2) is 9.54. The molecule has 1 amide bonds. The van der Waals surface area contributed by atoms with E-state index < -0.39 is 29.1 Å². The Bertz CT molecular complexity index is 941. The summed E-state index contributed by atoms with van der Waals surface area (Å²) >= 11 is 0. The van der Waals surface area contributed by atoms with Gasteiger partial charge in [0.1, 0.15) is 5.56 Å². The lowest BCUT2D eigenvalue weighted by Gasteiger charge is -2.13. The Kier molecular flexibility index (Phi) is 7.13. The van der Waals surface area contributed by atoms with Gasteiger partial charge in [-0.3, -0.25) is 14.9 Å². The van der Waals surface area contributed by atoms with Crippen molar-refractivity contribution in [1.29, 1.82) is 0 Å². The van der Waals surface area contributed by atoms with Crippen LogP contribution < -0.4 is 14.8 Å². The monoisotopic (exact) mass is 402 g/mol. The third-order valence-corrected chi connectivity index (χ3v) is 4.26. The van der Waals surface area contributed by atoms with Gasteiger partial charge in [-0.2, -0.15) is 0 Å². The van der Waals surface area contributed by atoms with Crippen LogP contribution >= 0.6 is 0 Å². The molecule has 0 bridgehead atoms. The number of nitrogens with one attached hydrogen (secondary N) is 1. The molecule has 0 unspecified atom stereocenters.